The van der Waals surface area contributed by atoms with Crippen LogP contribution in [0.4, 0.5) is 0 Å². The largest absolute Gasteiger partial charge is 0.376 e. The lowest BCUT2D eigenvalue weighted by Crippen LogP contribution is -2.32. The number of hydrogen-bond acceptors (Lipinski definition) is 3. The fourth-order valence-corrected chi connectivity index (χ4v) is 3.16. The summed E-state index contributed by atoms with van der Waals surface area (Å²) >= 11 is 0. The van der Waals surface area contributed by atoms with Crippen LogP contribution in [0.2, 0.25) is 0 Å². The molecule has 1 aromatic heterocycles. The van der Waals surface area contributed by atoms with Crippen molar-refractivity contribution in [1.29, 1.82) is 0 Å². The molecular formula is C18H21N3O2. The van der Waals surface area contributed by atoms with Gasteiger partial charge in [-0.3, -0.25) is 4.79 Å². The van der Waals surface area contributed by atoms with Crippen molar-refractivity contribution >= 4 is 5.91 Å². The highest BCUT2D eigenvalue weighted by atomic mass is 16.5. The maximum atomic E-state index is 12.6. The molecule has 120 valence electrons. The third-order valence-electron chi connectivity index (χ3n) is 4.53. The standard InChI is InChI=1S/C18H21N3O2/c22-18(19-11-15-7-4-10-23-15)16-12-20-21(17(16)13-8-9-13)14-5-2-1-3-6-14/h1-3,5-6,12-13,15H,4,7-11H2,(H,19,22). The van der Waals surface area contributed by atoms with Crippen LogP contribution >= 0.6 is 0 Å². The quantitative estimate of drug-likeness (QED) is 0.923. The van der Waals surface area contributed by atoms with Crippen molar-refractivity contribution in [1.82, 2.24) is 15.1 Å². The minimum Gasteiger partial charge on any atom is -0.376 e. The first-order valence-corrected chi connectivity index (χ1v) is 8.36. The number of para-hydroxylation sites is 1. The van der Waals surface area contributed by atoms with E-state index in [1.807, 2.05) is 35.0 Å². The Labute approximate surface area is 135 Å². The van der Waals surface area contributed by atoms with Gasteiger partial charge in [0.2, 0.25) is 0 Å². The van der Waals surface area contributed by atoms with Gasteiger partial charge in [-0.2, -0.15) is 5.10 Å². The number of ether oxygens (including phenoxy) is 1. The molecule has 1 saturated heterocycles. The molecular weight excluding hydrogens is 290 g/mol. The molecule has 1 N–H and O–H groups in total. The molecule has 1 amide bonds. The normalized spacial score (nSPS) is 20.6. The van der Waals surface area contributed by atoms with E-state index in [1.54, 1.807) is 6.20 Å². The van der Waals surface area contributed by atoms with Gasteiger partial charge in [0, 0.05) is 19.1 Å². The van der Waals surface area contributed by atoms with Crippen LogP contribution in [0.1, 0.15) is 47.7 Å². The number of benzene rings is 1. The van der Waals surface area contributed by atoms with Crippen LogP contribution in [-0.4, -0.2) is 34.9 Å². The summed E-state index contributed by atoms with van der Waals surface area (Å²) < 4.78 is 7.48. The lowest BCUT2D eigenvalue weighted by Gasteiger charge is -2.12. The monoisotopic (exact) mass is 311 g/mol. The molecule has 1 aromatic carbocycles. The van der Waals surface area contributed by atoms with Crippen LogP contribution in [0.5, 0.6) is 0 Å². The van der Waals surface area contributed by atoms with Crippen LogP contribution in [0.3, 0.4) is 0 Å². The number of aromatic nitrogens is 2. The Kier molecular flexibility index (Phi) is 3.87. The van der Waals surface area contributed by atoms with E-state index >= 15 is 0 Å². The first-order valence-electron chi connectivity index (χ1n) is 8.36. The summed E-state index contributed by atoms with van der Waals surface area (Å²) in [6, 6.07) is 10.0. The SMILES string of the molecule is O=C(NCC1CCCO1)c1cnn(-c2ccccc2)c1C1CC1. The van der Waals surface area contributed by atoms with Crippen LogP contribution in [0.25, 0.3) is 5.69 Å². The molecule has 1 aliphatic heterocycles. The fraction of sp³-hybridized carbons (Fsp3) is 0.444. The van der Waals surface area contributed by atoms with Gasteiger partial charge in [-0.05, 0) is 37.8 Å². The topological polar surface area (TPSA) is 56.1 Å². The Hall–Kier alpha value is -2.14. The zero-order chi connectivity index (χ0) is 15.6. The number of amides is 1. The summed E-state index contributed by atoms with van der Waals surface area (Å²) in [5.74, 6) is 0.408. The van der Waals surface area contributed by atoms with Crippen molar-refractivity contribution in [3.63, 3.8) is 0 Å². The van der Waals surface area contributed by atoms with E-state index in [1.165, 1.54) is 0 Å². The molecule has 1 unspecified atom stereocenters. The van der Waals surface area contributed by atoms with Gasteiger partial charge in [-0.1, -0.05) is 18.2 Å². The third-order valence-corrected chi connectivity index (χ3v) is 4.53. The minimum atomic E-state index is -0.0374. The second-order valence-electron chi connectivity index (χ2n) is 6.31. The molecule has 0 radical (unpaired) electrons. The van der Waals surface area contributed by atoms with Gasteiger partial charge in [0.25, 0.3) is 5.91 Å². The molecule has 0 spiro atoms. The number of carbonyl (C=O) groups is 1. The Morgan fingerprint density at radius 2 is 2.09 bits per heavy atom. The van der Waals surface area contributed by atoms with E-state index in [-0.39, 0.29) is 12.0 Å². The number of nitrogens with one attached hydrogen (secondary N) is 1. The van der Waals surface area contributed by atoms with Gasteiger partial charge in [0.1, 0.15) is 0 Å². The first kappa shape index (κ1) is 14.5. The highest BCUT2D eigenvalue weighted by Gasteiger charge is 2.33. The zero-order valence-electron chi connectivity index (χ0n) is 13.1. The summed E-state index contributed by atoms with van der Waals surface area (Å²) in [6.45, 7) is 1.39. The van der Waals surface area contributed by atoms with Crippen molar-refractivity contribution in [2.45, 2.75) is 37.7 Å². The van der Waals surface area contributed by atoms with Crippen LogP contribution in [-0.2, 0) is 4.74 Å². The van der Waals surface area contributed by atoms with E-state index < -0.39 is 0 Å². The lowest BCUT2D eigenvalue weighted by atomic mass is 10.1. The molecule has 5 heteroatoms. The molecule has 1 aliphatic carbocycles. The molecule has 2 aromatic rings. The fourth-order valence-electron chi connectivity index (χ4n) is 3.16. The van der Waals surface area contributed by atoms with Crippen LogP contribution in [0, 0.1) is 0 Å². The van der Waals surface area contributed by atoms with Gasteiger partial charge in [0.15, 0.2) is 0 Å². The average Bonchev–Trinajstić information content (AvgIpc) is 3.12. The van der Waals surface area contributed by atoms with E-state index in [0.717, 1.165) is 43.7 Å². The molecule has 0 bridgehead atoms. The summed E-state index contributed by atoms with van der Waals surface area (Å²) in [4.78, 5) is 12.6. The van der Waals surface area contributed by atoms with Crippen LogP contribution in [0.15, 0.2) is 36.5 Å². The summed E-state index contributed by atoms with van der Waals surface area (Å²) in [5, 5.41) is 7.48. The third kappa shape index (κ3) is 3.01. The second kappa shape index (κ2) is 6.16. The molecule has 1 saturated carbocycles. The summed E-state index contributed by atoms with van der Waals surface area (Å²) in [6.07, 6.45) is 6.23. The highest BCUT2D eigenvalue weighted by molar-refractivity contribution is 5.95. The van der Waals surface area contributed by atoms with Gasteiger partial charge >= 0.3 is 0 Å². The predicted molar refractivity (Wildman–Crippen MR) is 86.8 cm³/mol. The minimum absolute atomic E-state index is 0.0374. The molecule has 2 aliphatic rings. The lowest BCUT2D eigenvalue weighted by molar-refractivity contribution is 0.0857. The van der Waals surface area contributed by atoms with E-state index in [0.29, 0.717) is 18.0 Å². The molecule has 4 rings (SSSR count). The maximum absolute atomic E-state index is 12.6. The van der Waals surface area contributed by atoms with Gasteiger partial charge in [-0.25, -0.2) is 4.68 Å². The second-order valence-corrected chi connectivity index (χ2v) is 6.31. The summed E-state index contributed by atoms with van der Waals surface area (Å²) in [7, 11) is 0. The molecule has 2 fully saturated rings. The number of hydrogen-bond donors (Lipinski definition) is 1. The number of carbonyl (C=O) groups excluding carboxylic acids is 1. The van der Waals surface area contributed by atoms with Crippen molar-refractivity contribution in [3.05, 3.63) is 47.8 Å². The average molecular weight is 311 g/mol. The highest BCUT2D eigenvalue weighted by Crippen LogP contribution is 2.42. The molecule has 5 nitrogen and oxygen atoms in total. The van der Waals surface area contributed by atoms with Crippen molar-refractivity contribution < 1.29 is 9.53 Å². The Bertz CT molecular complexity index is 686. The number of nitrogens with zero attached hydrogens (tertiary/aromatic N) is 2. The van der Waals surface area contributed by atoms with Crippen molar-refractivity contribution in [2.75, 3.05) is 13.2 Å². The zero-order valence-corrected chi connectivity index (χ0v) is 13.1. The summed E-state index contributed by atoms with van der Waals surface area (Å²) in [5.41, 5.74) is 2.75. The van der Waals surface area contributed by atoms with Gasteiger partial charge < -0.3 is 10.1 Å². The van der Waals surface area contributed by atoms with Gasteiger partial charge in [0.05, 0.1) is 29.2 Å². The Morgan fingerprint density at radius 3 is 2.78 bits per heavy atom. The van der Waals surface area contributed by atoms with E-state index in [2.05, 4.69) is 10.4 Å². The van der Waals surface area contributed by atoms with Crippen LogP contribution < -0.4 is 5.32 Å². The smallest absolute Gasteiger partial charge is 0.254 e. The maximum Gasteiger partial charge on any atom is 0.254 e. The molecule has 23 heavy (non-hydrogen) atoms. The molecule has 2 heterocycles. The van der Waals surface area contributed by atoms with Crippen molar-refractivity contribution in [3.8, 4) is 5.69 Å². The predicted octanol–water partition coefficient (Wildman–Crippen LogP) is 2.66. The Balaban J connectivity index is 1.56. The van der Waals surface area contributed by atoms with Gasteiger partial charge in [-0.15, -0.1) is 0 Å². The van der Waals surface area contributed by atoms with Crippen molar-refractivity contribution in [2.24, 2.45) is 0 Å². The van der Waals surface area contributed by atoms with E-state index in [9.17, 15) is 4.79 Å². The van der Waals surface area contributed by atoms with E-state index in [4.69, 9.17) is 4.74 Å². The number of rotatable bonds is 5. The Morgan fingerprint density at radius 1 is 1.26 bits per heavy atom. The molecule has 1 atom stereocenters. The first-order chi connectivity index (χ1) is 11.3.